The van der Waals surface area contributed by atoms with Gasteiger partial charge in [-0.05, 0) is 6.92 Å². The van der Waals surface area contributed by atoms with Gasteiger partial charge < -0.3 is 11.5 Å². The second-order valence-electron chi connectivity index (χ2n) is 4.03. The number of alkyl halides is 2. The predicted molar refractivity (Wildman–Crippen MR) is 95.0 cm³/mol. The maximum Gasteiger partial charge on any atom is 0.211 e. The van der Waals surface area contributed by atoms with Crippen molar-refractivity contribution in [2.24, 2.45) is 21.7 Å². The molecule has 0 amide bonds. The first-order chi connectivity index (χ1) is 9.99. The number of nitrogens with zero attached hydrogens (tertiary/aromatic N) is 3. The molecule has 0 bridgehead atoms. The molecule has 0 atom stereocenters. The van der Waals surface area contributed by atoms with E-state index in [4.69, 9.17) is 11.5 Å². The Kier molecular flexibility index (Phi) is 8.34. The van der Waals surface area contributed by atoms with Gasteiger partial charge in [0.1, 0.15) is 3.74 Å². The zero-order valence-corrected chi connectivity index (χ0v) is 18.5. The van der Waals surface area contributed by atoms with Gasteiger partial charge in [-0.1, -0.05) is 37.4 Å². The normalized spacial score (nSPS) is 11.2. The summed E-state index contributed by atoms with van der Waals surface area (Å²) in [5, 5.41) is 8.61. The zero-order chi connectivity index (χ0) is 15.4. The van der Waals surface area contributed by atoms with Crippen LogP contribution in [0.1, 0.15) is 21.2 Å². The Hall–Kier alpha value is -0.146. The molecule has 1 aromatic carbocycles. The van der Waals surface area contributed by atoms with Crippen LogP contribution in [0, 0.1) is 6.07 Å². The van der Waals surface area contributed by atoms with Crippen LogP contribution in [-0.2, 0) is 32.7 Å². The third-order valence-corrected chi connectivity index (χ3v) is 4.57. The number of hydrogen-bond donors (Lipinski definition) is 2. The number of guanidine groups is 1. The molecule has 22 heavy (non-hydrogen) atoms. The summed E-state index contributed by atoms with van der Waals surface area (Å²) in [4.78, 5) is 5.57. The monoisotopic (exact) mass is 517 g/mol. The van der Waals surface area contributed by atoms with Crippen LogP contribution >= 0.6 is 43.2 Å². The van der Waals surface area contributed by atoms with E-state index in [0.29, 0.717) is 5.71 Å². The topological polar surface area (TPSA) is 89.6 Å². The summed E-state index contributed by atoms with van der Waals surface area (Å²) in [5.74, 6) is -0.0755. The van der Waals surface area contributed by atoms with Crippen LogP contribution in [0.3, 0.4) is 0 Å². The van der Waals surface area contributed by atoms with Gasteiger partial charge in [0.25, 0.3) is 0 Å². The molecule has 0 saturated carbocycles. The fraction of sp³-hybridized carbons (Fsp3) is 0.154. The van der Waals surface area contributed by atoms with Gasteiger partial charge in [-0.15, -0.1) is 16.4 Å². The Labute approximate surface area is 174 Å². The smallest absolute Gasteiger partial charge is 0.211 e. The number of halogens is 2. The second-order valence-corrected chi connectivity index (χ2v) is 8.09. The van der Waals surface area contributed by atoms with E-state index < -0.39 is 0 Å². The first-order valence-electron chi connectivity index (χ1n) is 5.88. The van der Waals surface area contributed by atoms with Crippen molar-refractivity contribution in [2.75, 3.05) is 0 Å². The number of aromatic nitrogens is 1. The average Bonchev–Trinajstić information content (AvgIpc) is 2.91. The van der Waals surface area contributed by atoms with Gasteiger partial charge in [0.15, 0.2) is 0 Å². The van der Waals surface area contributed by atoms with E-state index in [0.717, 1.165) is 21.1 Å². The second kappa shape index (κ2) is 9.22. The van der Waals surface area contributed by atoms with E-state index in [-0.39, 0.29) is 42.4 Å². The first-order valence-corrected chi connectivity index (χ1v) is 8.52. The Morgan fingerprint density at radius 2 is 1.91 bits per heavy atom. The molecule has 0 fully saturated rings. The van der Waals surface area contributed by atoms with E-state index in [9.17, 15) is 0 Å². The van der Waals surface area contributed by atoms with Gasteiger partial charge in [-0.3, -0.25) is 0 Å². The van der Waals surface area contributed by atoms with Crippen molar-refractivity contribution in [3.63, 3.8) is 0 Å². The van der Waals surface area contributed by atoms with Crippen LogP contribution in [0.25, 0.3) is 10.6 Å². The van der Waals surface area contributed by atoms with E-state index >= 15 is 0 Å². The van der Waals surface area contributed by atoms with Crippen LogP contribution in [-0.4, -0.2) is 16.7 Å². The largest absolute Gasteiger partial charge is 0.369 e. The fourth-order valence-electron chi connectivity index (χ4n) is 1.57. The molecule has 0 saturated heterocycles. The van der Waals surface area contributed by atoms with Gasteiger partial charge in [-0.2, -0.15) is 35.4 Å². The van der Waals surface area contributed by atoms with Crippen molar-refractivity contribution in [3.05, 3.63) is 40.9 Å². The molecule has 1 aromatic heterocycles. The van der Waals surface area contributed by atoms with Crippen LogP contribution in [0.2, 0.25) is 0 Å². The number of thiazole rings is 1. The molecule has 5 nitrogen and oxygen atoms in total. The molecular formula is C13H12Br2N5SY-. The molecule has 2 aromatic rings. The molecular weight excluding hydrogens is 507 g/mol. The molecule has 1 heterocycles. The molecule has 0 spiro atoms. The van der Waals surface area contributed by atoms with Gasteiger partial charge in [0.05, 0.1) is 21.3 Å². The Morgan fingerprint density at radius 3 is 2.45 bits per heavy atom. The average molecular weight is 519 g/mol. The van der Waals surface area contributed by atoms with E-state index in [1.165, 1.54) is 11.3 Å². The summed E-state index contributed by atoms with van der Waals surface area (Å²) in [6.07, 6.45) is 0. The minimum Gasteiger partial charge on any atom is -0.369 e. The Bertz CT molecular complexity index is 681. The van der Waals surface area contributed by atoms with E-state index in [2.05, 4.69) is 53.1 Å². The van der Waals surface area contributed by atoms with Crippen molar-refractivity contribution in [3.8, 4) is 10.6 Å². The fourth-order valence-corrected chi connectivity index (χ4v) is 3.58. The SMILES string of the molecule is C/C(=N\N=C(N)N)c1sc(-c2cc[c-]cc2)nc1C(Br)Br.[Y]. The molecule has 9 heteroatoms. The van der Waals surface area contributed by atoms with Crippen molar-refractivity contribution in [2.45, 2.75) is 10.7 Å². The number of rotatable bonds is 4. The summed E-state index contributed by atoms with van der Waals surface area (Å²) in [7, 11) is 0. The zero-order valence-electron chi connectivity index (χ0n) is 11.6. The molecule has 0 aliphatic heterocycles. The quantitative estimate of drug-likeness (QED) is 0.214. The van der Waals surface area contributed by atoms with Crippen LogP contribution in [0.4, 0.5) is 0 Å². The van der Waals surface area contributed by atoms with Gasteiger partial charge in [0, 0.05) is 32.7 Å². The van der Waals surface area contributed by atoms with Gasteiger partial charge in [0.2, 0.25) is 5.96 Å². The Morgan fingerprint density at radius 1 is 1.27 bits per heavy atom. The third kappa shape index (κ3) is 5.20. The summed E-state index contributed by atoms with van der Waals surface area (Å²) < 4.78 is -0.0790. The number of nitrogens with two attached hydrogens (primary N) is 2. The summed E-state index contributed by atoms with van der Waals surface area (Å²) in [5.41, 5.74) is 13.2. The molecule has 0 unspecified atom stereocenters. The maximum absolute atomic E-state index is 5.30. The van der Waals surface area contributed by atoms with Crippen LogP contribution < -0.4 is 11.5 Å². The summed E-state index contributed by atoms with van der Waals surface area (Å²) >= 11 is 8.50. The molecule has 4 N–H and O–H groups in total. The van der Waals surface area contributed by atoms with Crippen molar-refractivity contribution in [1.82, 2.24) is 4.98 Å². The number of benzene rings is 1. The van der Waals surface area contributed by atoms with Crippen molar-refractivity contribution < 1.29 is 32.7 Å². The van der Waals surface area contributed by atoms with Crippen LogP contribution in [0.15, 0.2) is 34.5 Å². The minimum atomic E-state index is -0.0790. The Balaban J connectivity index is 0.00000242. The third-order valence-electron chi connectivity index (χ3n) is 2.47. The molecule has 1 radical (unpaired) electrons. The molecule has 113 valence electrons. The van der Waals surface area contributed by atoms with E-state index in [1.54, 1.807) is 0 Å². The summed E-state index contributed by atoms with van der Waals surface area (Å²) in [6, 6.07) is 10.6. The maximum atomic E-state index is 5.30. The minimum absolute atomic E-state index is 0. The molecule has 0 aliphatic carbocycles. The first kappa shape index (κ1) is 19.9. The predicted octanol–water partition coefficient (Wildman–Crippen LogP) is 3.39. The standard InChI is InChI=1S/C13H12Br2N5S.Y/c1-7(19-20-13(16)17)10-9(11(14)15)18-12(21-10)8-5-3-2-4-6-8;/h3-6,11H,1H3,(H4,16,17,20);/q-1;/b19-7+;. The molecule has 2 rings (SSSR count). The van der Waals surface area contributed by atoms with Crippen LogP contribution in [0.5, 0.6) is 0 Å². The van der Waals surface area contributed by atoms with Crippen molar-refractivity contribution >= 4 is 54.9 Å². The van der Waals surface area contributed by atoms with Gasteiger partial charge in [-0.25, -0.2) is 4.98 Å². The number of hydrogen-bond acceptors (Lipinski definition) is 4. The molecule has 0 aliphatic rings. The van der Waals surface area contributed by atoms with E-state index in [1.807, 2.05) is 31.2 Å². The van der Waals surface area contributed by atoms with Gasteiger partial charge >= 0.3 is 0 Å². The summed E-state index contributed by atoms with van der Waals surface area (Å²) in [6.45, 7) is 1.84. The van der Waals surface area contributed by atoms with Crippen molar-refractivity contribution in [1.29, 1.82) is 0 Å².